The zero-order chi connectivity index (χ0) is 22.6. The number of benzene rings is 1. The Morgan fingerprint density at radius 3 is 2.58 bits per heavy atom. The topological polar surface area (TPSA) is 80.2 Å². The average molecular weight is 482 g/mol. The summed E-state index contributed by atoms with van der Waals surface area (Å²) in [6.45, 7) is 6.61. The molecule has 0 aliphatic carbocycles. The third-order valence-corrected chi connectivity index (χ3v) is 8.36. The minimum absolute atomic E-state index is 0.0387. The van der Waals surface area contributed by atoms with E-state index < -0.39 is 15.9 Å². The molecule has 0 spiro atoms. The van der Waals surface area contributed by atoms with Gasteiger partial charge in [0.15, 0.2) is 20.7 Å². The van der Waals surface area contributed by atoms with Gasteiger partial charge in [0.25, 0.3) is 5.91 Å². The zero-order valence-electron chi connectivity index (χ0n) is 18.0. The van der Waals surface area contributed by atoms with Crippen LogP contribution in [0.4, 0.5) is 0 Å². The summed E-state index contributed by atoms with van der Waals surface area (Å²) < 4.78 is 24.2. The van der Waals surface area contributed by atoms with Crippen molar-refractivity contribution in [1.82, 2.24) is 14.9 Å². The molecule has 168 valence electrons. The van der Waals surface area contributed by atoms with Gasteiger partial charge in [-0.25, -0.2) is 18.4 Å². The third-order valence-electron chi connectivity index (χ3n) is 5.27. The monoisotopic (exact) mass is 481 g/mol. The van der Waals surface area contributed by atoms with Crippen molar-refractivity contribution in [2.24, 2.45) is 0 Å². The van der Waals surface area contributed by atoms with Crippen LogP contribution in [0.1, 0.15) is 61.1 Å². The number of carbonyl (C=O) groups excluding carboxylic acids is 1. The van der Waals surface area contributed by atoms with E-state index in [9.17, 15) is 13.2 Å². The first-order valence-corrected chi connectivity index (χ1v) is 13.6. The molecule has 2 aromatic rings. The van der Waals surface area contributed by atoms with Gasteiger partial charge in [-0.15, -0.1) is 0 Å². The Hall–Kier alpha value is -1.64. The maximum absolute atomic E-state index is 13.5. The number of carbonyl (C=O) groups is 1. The normalized spacial score (nSPS) is 17.8. The maximum Gasteiger partial charge on any atom is 0.274 e. The molecular weight excluding hydrogens is 454 g/mol. The van der Waals surface area contributed by atoms with Gasteiger partial charge in [0.2, 0.25) is 0 Å². The molecule has 1 unspecified atom stereocenters. The van der Waals surface area contributed by atoms with Crippen molar-refractivity contribution in [3.63, 3.8) is 0 Å². The van der Waals surface area contributed by atoms with Crippen LogP contribution in [0.3, 0.4) is 0 Å². The Balaban J connectivity index is 1.91. The van der Waals surface area contributed by atoms with E-state index in [1.807, 2.05) is 24.3 Å². The highest BCUT2D eigenvalue weighted by atomic mass is 35.5. The molecule has 1 saturated heterocycles. The Kier molecular flexibility index (Phi) is 7.99. The van der Waals surface area contributed by atoms with E-state index in [0.717, 1.165) is 17.7 Å². The molecule has 1 fully saturated rings. The number of halogens is 1. The fraction of sp³-hybridized carbons (Fsp3) is 0.500. The predicted octanol–water partition coefficient (Wildman–Crippen LogP) is 4.59. The van der Waals surface area contributed by atoms with Crippen molar-refractivity contribution in [1.29, 1.82) is 0 Å². The first kappa shape index (κ1) is 24.0. The standard InChI is InChI=1S/C22H28ClN3O3S2/c1-4-10-30-22-24-12-19(23)20(25-22)21(27)26(18-9-11-31(28,29)14-18)13-16-5-7-17(8-6-16)15(2)3/h5-8,12,15,18H,4,9-11,13-14H2,1-3H3. The Morgan fingerprint density at radius 1 is 1.29 bits per heavy atom. The van der Waals surface area contributed by atoms with Crippen LogP contribution in [0.15, 0.2) is 35.6 Å². The molecule has 1 aromatic heterocycles. The van der Waals surface area contributed by atoms with Crippen LogP contribution in [0.25, 0.3) is 0 Å². The van der Waals surface area contributed by atoms with Crippen molar-refractivity contribution in [2.75, 3.05) is 17.3 Å². The van der Waals surface area contributed by atoms with Gasteiger partial charge in [0.05, 0.1) is 22.7 Å². The van der Waals surface area contributed by atoms with E-state index in [2.05, 4.69) is 30.7 Å². The molecule has 3 rings (SSSR count). The first-order chi connectivity index (χ1) is 14.7. The summed E-state index contributed by atoms with van der Waals surface area (Å²) in [5.74, 6) is 0.930. The number of hydrogen-bond donors (Lipinski definition) is 0. The number of aromatic nitrogens is 2. The molecule has 1 amide bonds. The molecule has 1 aromatic carbocycles. The smallest absolute Gasteiger partial charge is 0.274 e. The minimum atomic E-state index is -3.16. The Labute approximate surface area is 193 Å². The minimum Gasteiger partial charge on any atom is -0.329 e. The number of rotatable bonds is 8. The van der Waals surface area contributed by atoms with Gasteiger partial charge in [-0.05, 0) is 29.9 Å². The maximum atomic E-state index is 13.5. The summed E-state index contributed by atoms with van der Waals surface area (Å²) in [6, 6.07) is 7.67. The molecule has 0 saturated carbocycles. The Morgan fingerprint density at radius 2 is 2.00 bits per heavy atom. The second kappa shape index (κ2) is 10.3. The van der Waals surface area contributed by atoms with Crippen LogP contribution in [0.2, 0.25) is 5.02 Å². The summed E-state index contributed by atoms with van der Waals surface area (Å²) in [6.07, 6.45) is 2.82. The number of thioether (sulfide) groups is 1. The van der Waals surface area contributed by atoms with Gasteiger partial charge in [-0.2, -0.15) is 0 Å². The van der Waals surface area contributed by atoms with Crippen LogP contribution >= 0.6 is 23.4 Å². The Bertz CT molecular complexity index is 1030. The zero-order valence-corrected chi connectivity index (χ0v) is 20.4. The summed E-state index contributed by atoms with van der Waals surface area (Å²) in [5, 5.41) is 0.668. The summed E-state index contributed by atoms with van der Waals surface area (Å²) >= 11 is 7.76. The lowest BCUT2D eigenvalue weighted by molar-refractivity contribution is 0.0674. The van der Waals surface area contributed by atoms with Crippen LogP contribution in [-0.4, -0.2) is 52.5 Å². The van der Waals surface area contributed by atoms with Gasteiger partial charge in [0, 0.05) is 18.3 Å². The molecule has 1 aliphatic heterocycles. The highest BCUT2D eigenvalue weighted by Crippen LogP contribution is 2.26. The van der Waals surface area contributed by atoms with Crippen LogP contribution in [0, 0.1) is 0 Å². The molecule has 1 aliphatic rings. The molecule has 9 heteroatoms. The lowest BCUT2D eigenvalue weighted by Crippen LogP contribution is -2.41. The van der Waals surface area contributed by atoms with Gasteiger partial charge in [0.1, 0.15) is 0 Å². The highest BCUT2D eigenvalue weighted by Gasteiger charge is 2.36. The SMILES string of the molecule is CCCSc1ncc(Cl)c(C(=O)N(Cc2ccc(C(C)C)cc2)C2CCS(=O)(=O)C2)n1. The number of hydrogen-bond acceptors (Lipinski definition) is 6. The molecule has 1 atom stereocenters. The van der Waals surface area contributed by atoms with Crippen LogP contribution in [0.5, 0.6) is 0 Å². The van der Waals surface area contributed by atoms with Crippen molar-refractivity contribution in [3.05, 3.63) is 52.3 Å². The van der Waals surface area contributed by atoms with Crippen molar-refractivity contribution in [2.45, 2.75) is 57.3 Å². The summed E-state index contributed by atoms with van der Waals surface area (Å²) in [5.41, 5.74) is 2.27. The summed E-state index contributed by atoms with van der Waals surface area (Å²) in [7, 11) is -3.16. The van der Waals surface area contributed by atoms with Crippen molar-refractivity contribution >= 4 is 39.1 Å². The largest absolute Gasteiger partial charge is 0.329 e. The van der Waals surface area contributed by atoms with E-state index in [-0.39, 0.29) is 28.1 Å². The van der Waals surface area contributed by atoms with Crippen molar-refractivity contribution < 1.29 is 13.2 Å². The second-order valence-corrected chi connectivity index (χ2v) is 11.8. The van der Waals surface area contributed by atoms with E-state index in [1.54, 1.807) is 4.90 Å². The van der Waals surface area contributed by atoms with E-state index in [0.29, 0.717) is 24.0 Å². The third kappa shape index (κ3) is 6.20. The quantitative estimate of drug-likeness (QED) is 0.405. The molecule has 0 radical (unpaired) electrons. The average Bonchev–Trinajstić information content (AvgIpc) is 3.10. The fourth-order valence-corrected chi connectivity index (χ4v) is 6.06. The summed E-state index contributed by atoms with van der Waals surface area (Å²) in [4.78, 5) is 23.7. The van der Waals surface area contributed by atoms with E-state index in [1.165, 1.54) is 23.5 Å². The second-order valence-electron chi connectivity index (χ2n) is 8.08. The van der Waals surface area contributed by atoms with Crippen molar-refractivity contribution in [3.8, 4) is 0 Å². The molecule has 2 heterocycles. The number of nitrogens with zero attached hydrogens (tertiary/aromatic N) is 3. The molecule has 0 bridgehead atoms. The highest BCUT2D eigenvalue weighted by molar-refractivity contribution is 7.99. The molecular formula is C22H28ClN3O3S2. The van der Waals surface area contributed by atoms with E-state index >= 15 is 0 Å². The number of amides is 1. The lowest BCUT2D eigenvalue weighted by Gasteiger charge is -2.28. The van der Waals surface area contributed by atoms with Crippen LogP contribution < -0.4 is 0 Å². The predicted molar refractivity (Wildman–Crippen MR) is 126 cm³/mol. The molecule has 31 heavy (non-hydrogen) atoms. The van der Waals surface area contributed by atoms with E-state index in [4.69, 9.17) is 11.6 Å². The lowest BCUT2D eigenvalue weighted by atomic mass is 10.0. The van der Waals surface area contributed by atoms with Gasteiger partial charge < -0.3 is 4.90 Å². The number of sulfone groups is 1. The van der Waals surface area contributed by atoms with Crippen LogP contribution in [-0.2, 0) is 16.4 Å². The molecule has 6 nitrogen and oxygen atoms in total. The van der Waals surface area contributed by atoms with Gasteiger partial charge in [-0.1, -0.05) is 68.4 Å². The fourth-order valence-electron chi connectivity index (χ4n) is 3.49. The first-order valence-electron chi connectivity index (χ1n) is 10.5. The molecule has 0 N–H and O–H groups in total. The van der Waals surface area contributed by atoms with Gasteiger partial charge >= 0.3 is 0 Å². The van der Waals surface area contributed by atoms with Gasteiger partial charge in [-0.3, -0.25) is 4.79 Å².